The van der Waals surface area contributed by atoms with Crippen molar-refractivity contribution in [3.63, 3.8) is 0 Å². The highest BCUT2D eigenvalue weighted by Gasteiger charge is 2.25. The first kappa shape index (κ1) is 18.3. The lowest BCUT2D eigenvalue weighted by atomic mass is 10.1. The van der Waals surface area contributed by atoms with E-state index in [1.807, 2.05) is 18.2 Å². The lowest BCUT2D eigenvalue weighted by molar-refractivity contribution is -0.131. The van der Waals surface area contributed by atoms with E-state index in [0.29, 0.717) is 12.3 Å². The van der Waals surface area contributed by atoms with Gasteiger partial charge < -0.3 is 4.90 Å². The zero-order valence-electron chi connectivity index (χ0n) is 14.3. The molecule has 2 aliphatic heterocycles. The third-order valence-electron chi connectivity index (χ3n) is 5.16. The summed E-state index contributed by atoms with van der Waals surface area (Å²) in [4.78, 5) is 17.3. The minimum Gasteiger partial charge on any atom is -0.341 e. The fourth-order valence-electron chi connectivity index (χ4n) is 3.70. The standard InChI is InChI=1S/C19H27BrN2OS/c20-18-5-2-1-4-16(18)6-7-19(23)22-11-3-10-21(12-13-22)17-8-14-24-15-9-17/h1-2,4-5,17H,3,6-15H2. The summed E-state index contributed by atoms with van der Waals surface area (Å²) >= 11 is 5.66. The molecular formula is C19H27BrN2OS. The Bertz CT molecular complexity index is 548. The summed E-state index contributed by atoms with van der Waals surface area (Å²) in [6, 6.07) is 8.95. The highest BCUT2D eigenvalue weighted by molar-refractivity contribution is 9.10. The number of carbonyl (C=O) groups is 1. The Morgan fingerprint density at radius 3 is 2.71 bits per heavy atom. The molecule has 0 bridgehead atoms. The Balaban J connectivity index is 1.48. The van der Waals surface area contributed by atoms with Crippen LogP contribution < -0.4 is 0 Å². The summed E-state index contributed by atoms with van der Waals surface area (Å²) in [6.45, 7) is 4.03. The molecule has 0 unspecified atom stereocenters. The summed E-state index contributed by atoms with van der Waals surface area (Å²) in [5, 5.41) is 0. The van der Waals surface area contributed by atoms with Crippen LogP contribution in [0.15, 0.2) is 28.7 Å². The molecule has 2 saturated heterocycles. The van der Waals surface area contributed by atoms with Crippen LogP contribution in [0.1, 0.15) is 31.2 Å². The lowest BCUT2D eigenvalue weighted by Gasteiger charge is -2.33. The highest BCUT2D eigenvalue weighted by Crippen LogP contribution is 2.23. The summed E-state index contributed by atoms with van der Waals surface area (Å²) < 4.78 is 1.11. The molecule has 2 heterocycles. The molecule has 1 aromatic carbocycles. The van der Waals surface area contributed by atoms with Gasteiger partial charge >= 0.3 is 0 Å². The Morgan fingerprint density at radius 1 is 1.12 bits per heavy atom. The van der Waals surface area contributed by atoms with E-state index in [-0.39, 0.29) is 0 Å². The summed E-state index contributed by atoms with van der Waals surface area (Å²) in [6.07, 6.45) is 5.19. The Labute approximate surface area is 158 Å². The van der Waals surface area contributed by atoms with Gasteiger partial charge in [0, 0.05) is 43.1 Å². The molecule has 1 amide bonds. The molecule has 2 aliphatic rings. The van der Waals surface area contributed by atoms with Gasteiger partial charge in [-0.25, -0.2) is 0 Å². The van der Waals surface area contributed by atoms with Crippen molar-refractivity contribution in [3.8, 4) is 0 Å². The van der Waals surface area contributed by atoms with Crippen molar-refractivity contribution < 1.29 is 4.79 Å². The van der Waals surface area contributed by atoms with Crippen molar-refractivity contribution in [2.75, 3.05) is 37.7 Å². The van der Waals surface area contributed by atoms with Gasteiger partial charge in [0.1, 0.15) is 0 Å². The zero-order chi connectivity index (χ0) is 16.8. The normalized spacial score (nSPS) is 20.8. The van der Waals surface area contributed by atoms with Gasteiger partial charge in [0.15, 0.2) is 0 Å². The maximum absolute atomic E-state index is 12.6. The van der Waals surface area contributed by atoms with E-state index in [0.717, 1.165) is 49.5 Å². The number of aryl methyl sites for hydroxylation is 1. The largest absolute Gasteiger partial charge is 0.341 e. The van der Waals surface area contributed by atoms with E-state index in [1.165, 1.54) is 29.9 Å². The second-order valence-electron chi connectivity index (χ2n) is 6.71. The number of halogens is 1. The van der Waals surface area contributed by atoms with Gasteiger partial charge in [-0.1, -0.05) is 34.1 Å². The van der Waals surface area contributed by atoms with Crippen LogP contribution in [0.2, 0.25) is 0 Å². The number of carbonyl (C=O) groups excluding carboxylic acids is 1. The lowest BCUT2D eigenvalue weighted by Crippen LogP contribution is -2.41. The fraction of sp³-hybridized carbons (Fsp3) is 0.632. The van der Waals surface area contributed by atoms with E-state index in [4.69, 9.17) is 0 Å². The molecule has 0 atom stereocenters. The van der Waals surface area contributed by atoms with Gasteiger partial charge in [0.25, 0.3) is 0 Å². The summed E-state index contributed by atoms with van der Waals surface area (Å²) in [7, 11) is 0. The molecule has 1 aromatic rings. The van der Waals surface area contributed by atoms with E-state index < -0.39 is 0 Å². The molecule has 0 radical (unpaired) electrons. The van der Waals surface area contributed by atoms with Gasteiger partial charge in [-0.3, -0.25) is 9.69 Å². The van der Waals surface area contributed by atoms with Gasteiger partial charge in [0.2, 0.25) is 5.91 Å². The van der Waals surface area contributed by atoms with Crippen LogP contribution in [-0.4, -0.2) is 59.4 Å². The second-order valence-corrected chi connectivity index (χ2v) is 8.78. The topological polar surface area (TPSA) is 23.6 Å². The minimum atomic E-state index is 0.312. The van der Waals surface area contributed by atoms with Gasteiger partial charge in [-0.05, 0) is 48.8 Å². The number of amides is 1. The molecule has 0 aromatic heterocycles. The minimum absolute atomic E-state index is 0.312. The molecule has 24 heavy (non-hydrogen) atoms. The number of nitrogens with zero attached hydrogens (tertiary/aromatic N) is 2. The van der Waals surface area contributed by atoms with Crippen molar-refractivity contribution in [1.82, 2.24) is 9.80 Å². The molecule has 0 aliphatic carbocycles. The zero-order valence-corrected chi connectivity index (χ0v) is 16.7. The van der Waals surface area contributed by atoms with Crippen LogP contribution in [0.4, 0.5) is 0 Å². The van der Waals surface area contributed by atoms with Crippen LogP contribution >= 0.6 is 27.7 Å². The van der Waals surface area contributed by atoms with Gasteiger partial charge in [-0.2, -0.15) is 11.8 Å². The molecule has 0 N–H and O–H groups in total. The molecular weight excluding hydrogens is 384 g/mol. The summed E-state index contributed by atoms with van der Waals surface area (Å²) in [5.41, 5.74) is 1.22. The maximum Gasteiger partial charge on any atom is 0.222 e. The molecule has 3 nitrogen and oxygen atoms in total. The van der Waals surface area contributed by atoms with Crippen molar-refractivity contribution in [1.29, 1.82) is 0 Å². The highest BCUT2D eigenvalue weighted by atomic mass is 79.9. The van der Waals surface area contributed by atoms with E-state index in [1.54, 1.807) is 0 Å². The first-order chi connectivity index (χ1) is 11.7. The first-order valence-electron chi connectivity index (χ1n) is 9.07. The smallest absolute Gasteiger partial charge is 0.222 e. The van der Waals surface area contributed by atoms with Gasteiger partial charge in [-0.15, -0.1) is 0 Å². The van der Waals surface area contributed by atoms with Crippen molar-refractivity contribution in [2.24, 2.45) is 0 Å². The number of hydrogen-bond acceptors (Lipinski definition) is 3. The third kappa shape index (κ3) is 4.99. The third-order valence-corrected chi connectivity index (χ3v) is 6.98. The number of rotatable bonds is 4. The average Bonchev–Trinajstić information content (AvgIpc) is 2.88. The van der Waals surface area contributed by atoms with E-state index in [2.05, 4.69) is 43.6 Å². The van der Waals surface area contributed by atoms with Gasteiger partial charge in [0.05, 0.1) is 0 Å². The molecule has 0 saturated carbocycles. The van der Waals surface area contributed by atoms with Crippen LogP contribution in [-0.2, 0) is 11.2 Å². The average molecular weight is 411 g/mol. The predicted octanol–water partition coefficient (Wildman–Crippen LogP) is 3.81. The van der Waals surface area contributed by atoms with Crippen molar-refractivity contribution in [2.45, 2.75) is 38.1 Å². The Morgan fingerprint density at radius 2 is 1.92 bits per heavy atom. The predicted molar refractivity (Wildman–Crippen MR) is 106 cm³/mol. The van der Waals surface area contributed by atoms with Crippen LogP contribution in [0.5, 0.6) is 0 Å². The number of benzene rings is 1. The molecule has 5 heteroatoms. The van der Waals surface area contributed by atoms with Crippen LogP contribution in [0.3, 0.4) is 0 Å². The number of thioether (sulfide) groups is 1. The summed E-state index contributed by atoms with van der Waals surface area (Å²) in [5.74, 6) is 2.91. The SMILES string of the molecule is O=C(CCc1ccccc1Br)N1CCCN(C2CCSCC2)CC1. The Hall–Kier alpha value is -0.520. The maximum atomic E-state index is 12.6. The Kier molecular flexibility index (Phi) is 7.05. The molecule has 0 spiro atoms. The van der Waals surface area contributed by atoms with Crippen molar-refractivity contribution >= 4 is 33.6 Å². The number of hydrogen-bond donors (Lipinski definition) is 0. The van der Waals surface area contributed by atoms with Crippen LogP contribution in [0, 0.1) is 0 Å². The monoisotopic (exact) mass is 410 g/mol. The molecule has 132 valence electrons. The van der Waals surface area contributed by atoms with Crippen molar-refractivity contribution in [3.05, 3.63) is 34.3 Å². The van der Waals surface area contributed by atoms with E-state index in [9.17, 15) is 4.79 Å². The fourth-order valence-corrected chi connectivity index (χ4v) is 5.27. The van der Waals surface area contributed by atoms with Crippen LogP contribution in [0.25, 0.3) is 0 Å². The molecule has 2 fully saturated rings. The first-order valence-corrected chi connectivity index (χ1v) is 11.0. The molecule has 3 rings (SSSR count). The second kappa shape index (κ2) is 9.25. The van der Waals surface area contributed by atoms with E-state index >= 15 is 0 Å². The quantitative estimate of drug-likeness (QED) is 0.753.